The number of aliphatic hydroxyl groups is 1. The molecule has 2 amide bonds. The zero-order valence-electron chi connectivity index (χ0n) is 12.3. The molecule has 0 aromatic carbocycles. The maximum atomic E-state index is 12.0. The number of carbonyl (C=O) groups is 2. The van der Waals surface area contributed by atoms with Gasteiger partial charge >= 0.3 is 12.2 Å². The average Bonchev–Trinajstić information content (AvgIpc) is 2.66. The molecule has 1 fully saturated rings. The van der Waals surface area contributed by atoms with E-state index in [1.165, 1.54) is 4.90 Å². The minimum Gasteiger partial charge on any atom is -0.465 e. The van der Waals surface area contributed by atoms with Crippen LogP contribution in [0.5, 0.6) is 0 Å². The van der Waals surface area contributed by atoms with Crippen LogP contribution in [-0.4, -0.2) is 58.6 Å². The fourth-order valence-corrected chi connectivity index (χ4v) is 2.31. The summed E-state index contributed by atoms with van der Waals surface area (Å²) in [5.74, 6) is 0.00534. The molecule has 0 unspecified atom stereocenters. The number of nitrogens with zero attached hydrogens (tertiary/aromatic N) is 1. The number of aliphatic hydroxyl groups excluding tert-OH is 1. The Morgan fingerprint density at radius 1 is 1.35 bits per heavy atom. The van der Waals surface area contributed by atoms with Gasteiger partial charge in [-0.1, -0.05) is 0 Å². The van der Waals surface area contributed by atoms with Gasteiger partial charge in [-0.3, -0.25) is 0 Å². The van der Waals surface area contributed by atoms with Gasteiger partial charge in [0, 0.05) is 19.7 Å². The molecule has 7 heteroatoms. The van der Waals surface area contributed by atoms with E-state index in [0.29, 0.717) is 25.9 Å². The summed E-state index contributed by atoms with van der Waals surface area (Å²) in [6, 6.07) is -0.313. The fraction of sp³-hybridized carbons (Fsp3) is 0.846. The van der Waals surface area contributed by atoms with Gasteiger partial charge in [-0.15, -0.1) is 0 Å². The summed E-state index contributed by atoms with van der Waals surface area (Å²) in [4.78, 5) is 24.3. The number of ether oxygens (including phenoxy) is 1. The van der Waals surface area contributed by atoms with E-state index in [9.17, 15) is 9.59 Å². The molecule has 1 saturated heterocycles. The van der Waals surface area contributed by atoms with Crippen LogP contribution in [0.3, 0.4) is 0 Å². The quantitative estimate of drug-likeness (QED) is 0.723. The Kier molecular flexibility index (Phi) is 5.62. The van der Waals surface area contributed by atoms with Crippen molar-refractivity contribution in [3.63, 3.8) is 0 Å². The van der Waals surface area contributed by atoms with E-state index in [2.05, 4.69) is 5.32 Å². The molecule has 3 N–H and O–H groups in total. The van der Waals surface area contributed by atoms with Crippen molar-refractivity contribution >= 4 is 12.2 Å². The Balaban J connectivity index is 2.63. The van der Waals surface area contributed by atoms with Crippen LogP contribution in [0.4, 0.5) is 9.59 Å². The molecule has 1 aliphatic heterocycles. The topological polar surface area (TPSA) is 99.1 Å². The van der Waals surface area contributed by atoms with Gasteiger partial charge in [0.05, 0.1) is 6.04 Å². The predicted molar refractivity (Wildman–Crippen MR) is 72.6 cm³/mol. The van der Waals surface area contributed by atoms with E-state index < -0.39 is 17.8 Å². The molecule has 116 valence electrons. The SMILES string of the molecule is CC(C)(C)OC(=O)N1C[C@H](CCCO)[C@H](NC(=O)O)C1. The second kappa shape index (κ2) is 6.78. The summed E-state index contributed by atoms with van der Waals surface area (Å²) in [7, 11) is 0. The smallest absolute Gasteiger partial charge is 0.410 e. The van der Waals surface area contributed by atoms with Crippen molar-refractivity contribution in [3.8, 4) is 0 Å². The molecule has 20 heavy (non-hydrogen) atoms. The van der Waals surface area contributed by atoms with E-state index in [-0.39, 0.29) is 18.6 Å². The van der Waals surface area contributed by atoms with Crippen LogP contribution in [0.1, 0.15) is 33.6 Å². The Labute approximate surface area is 118 Å². The van der Waals surface area contributed by atoms with Gasteiger partial charge in [0.15, 0.2) is 0 Å². The number of likely N-dealkylation sites (tertiary alicyclic amines) is 1. The summed E-state index contributed by atoms with van der Waals surface area (Å²) in [6.45, 7) is 6.17. The van der Waals surface area contributed by atoms with Crippen molar-refractivity contribution in [2.24, 2.45) is 5.92 Å². The first-order valence-corrected chi connectivity index (χ1v) is 6.81. The lowest BCUT2D eigenvalue weighted by Gasteiger charge is -2.24. The minimum absolute atomic E-state index is 0.00534. The standard InChI is InChI=1S/C13H24N2O5/c1-13(2,3)20-12(19)15-7-9(5-4-6-16)10(8-15)14-11(17)18/h9-10,14,16H,4-8H2,1-3H3,(H,17,18)/t9-,10+/m0/s1. The van der Waals surface area contributed by atoms with Gasteiger partial charge in [-0.05, 0) is 39.5 Å². The van der Waals surface area contributed by atoms with Gasteiger partial charge in [0.2, 0.25) is 0 Å². The first kappa shape index (κ1) is 16.6. The Morgan fingerprint density at radius 2 is 2.00 bits per heavy atom. The van der Waals surface area contributed by atoms with Gasteiger partial charge < -0.3 is 25.2 Å². The van der Waals surface area contributed by atoms with Crippen LogP contribution in [0.25, 0.3) is 0 Å². The molecule has 0 bridgehead atoms. The monoisotopic (exact) mass is 288 g/mol. The van der Waals surface area contributed by atoms with Gasteiger partial charge in [0.25, 0.3) is 0 Å². The van der Waals surface area contributed by atoms with E-state index in [4.69, 9.17) is 14.9 Å². The molecule has 0 spiro atoms. The predicted octanol–water partition coefficient (Wildman–Crippen LogP) is 1.26. The Morgan fingerprint density at radius 3 is 2.50 bits per heavy atom. The van der Waals surface area contributed by atoms with Crippen LogP contribution in [0.2, 0.25) is 0 Å². The third-order valence-corrected chi connectivity index (χ3v) is 3.13. The number of carboxylic acid groups (broad SMARTS) is 1. The van der Waals surface area contributed by atoms with Crippen LogP contribution < -0.4 is 5.32 Å². The molecule has 2 atom stereocenters. The fourth-order valence-electron chi connectivity index (χ4n) is 2.31. The summed E-state index contributed by atoms with van der Waals surface area (Å²) in [6.07, 6.45) is -0.276. The average molecular weight is 288 g/mol. The maximum absolute atomic E-state index is 12.0. The third kappa shape index (κ3) is 5.24. The van der Waals surface area contributed by atoms with Crippen molar-refractivity contribution in [1.29, 1.82) is 0 Å². The minimum atomic E-state index is -1.10. The highest BCUT2D eigenvalue weighted by Gasteiger charge is 2.37. The molecule has 0 aromatic rings. The zero-order chi connectivity index (χ0) is 15.3. The summed E-state index contributed by atoms with van der Waals surface area (Å²) in [5, 5.41) is 20.1. The first-order valence-electron chi connectivity index (χ1n) is 6.81. The number of rotatable bonds is 4. The number of hydrogen-bond acceptors (Lipinski definition) is 4. The second-order valence-electron chi connectivity index (χ2n) is 6.07. The largest absolute Gasteiger partial charge is 0.465 e. The van der Waals surface area contributed by atoms with Gasteiger partial charge in [0.1, 0.15) is 5.60 Å². The van der Waals surface area contributed by atoms with Crippen LogP contribution in [0, 0.1) is 5.92 Å². The lowest BCUT2D eigenvalue weighted by Crippen LogP contribution is -2.41. The zero-order valence-corrected chi connectivity index (χ0v) is 12.3. The van der Waals surface area contributed by atoms with E-state index in [0.717, 1.165) is 0 Å². The molecular formula is C13H24N2O5. The van der Waals surface area contributed by atoms with Gasteiger partial charge in [-0.2, -0.15) is 0 Å². The van der Waals surface area contributed by atoms with Crippen molar-refractivity contribution in [3.05, 3.63) is 0 Å². The van der Waals surface area contributed by atoms with E-state index in [1.807, 2.05) is 0 Å². The van der Waals surface area contributed by atoms with Crippen molar-refractivity contribution in [1.82, 2.24) is 10.2 Å². The molecule has 1 aliphatic rings. The molecule has 1 heterocycles. The van der Waals surface area contributed by atoms with Crippen molar-refractivity contribution < 1.29 is 24.5 Å². The molecule has 1 rings (SSSR count). The second-order valence-corrected chi connectivity index (χ2v) is 6.07. The molecule has 7 nitrogen and oxygen atoms in total. The highest BCUT2D eigenvalue weighted by molar-refractivity contribution is 5.69. The lowest BCUT2D eigenvalue weighted by molar-refractivity contribution is 0.0284. The molecule has 0 saturated carbocycles. The number of hydrogen-bond donors (Lipinski definition) is 3. The van der Waals surface area contributed by atoms with Crippen LogP contribution >= 0.6 is 0 Å². The highest BCUT2D eigenvalue weighted by atomic mass is 16.6. The van der Waals surface area contributed by atoms with E-state index >= 15 is 0 Å². The molecule has 0 aromatic heterocycles. The van der Waals surface area contributed by atoms with Crippen LogP contribution in [0.15, 0.2) is 0 Å². The Hall–Kier alpha value is -1.50. The number of amides is 2. The van der Waals surface area contributed by atoms with E-state index in [1.54, 1.807) is 20.8 Å². The molecular weight excluding hydrogens is 264 g/mol. The van der Waals surface area contributed by atoms with Crippen LogP contribution in [-0.2, 0) is 4.74 Å². The lowest BCUT2D eigenvalue weighted by atomic mass is 9.98. The normalized spacial score (nSPS) is 22.7. The first-order chi connectivity index (χ1) is 9.23. The summed E-state index contributed by atoms with van der Waals surface area (Å²) >= 11 is 0. The van der Waals surface area contributed by atoms with Gasteiger partial charge in [-0.25, -0.2) is 9.59 Å². The summed E-state index contributed by atoms with van der Waals surface area (Å²) in [5.41, 5.74) is -0.573. The van der Waals surface area contributed by atoms with Crippen molar-refractivity contribution in [2.45, 2.75) is 45.3 Å². The summed E-state index contributed by atoms with van der Waals surface area (Å²) < 4.78 is 5.29. The maximum Gasteiger partial charge on any atom is 0.410 e. The number of carbonyl (C=O) groups excluding carboxylic acids is 1. The molecule has 0 radical (unpaired) electrons. The Bertz CT molecular complexity index is 353. The third-order valence-electron chi connectivity index (χ3n) is 3.13. The molecule has 0 aliphatic carbocycles. The van der Waals surface area contributed by atoms with Crippen molar-refractivity contribution in [2.75, 3.05) is 19.7 Å². The number of nitrogens with one attached hydrogen (secondary N) is 1. The highest BCUT2D eigenvalue weighted by Crippen LogP contribution is 2.23.